The molecule has 2 atom stereocenters. The first-order chi connectivity index (χ1) is 12.1. The van der Waals surface area contributed by atoms with Crippen molar-refractivity contribution in [3.05, 3.63) is 53.9 Å². The van der Waals surface area contributed by atoms with Gasteiger partial charge < -0.3 is 10.0 Å². The predicted octanol–water partition coefficient (Wildman–Crippen LogP) is 2.11. The first kappa shape index (κ1) is 15.9. The van der Waals surface area contributed by atoms with Crippen LogP contribution in [0.4, 0.5) is 0 Å². The SMILES string of the molecule is O=C(O)[C@H]1CN(C(=O)c2cnn(Cc3ccccc3)c2)C[C@@H]1C1CC1. The van der Waals surface area contributed by atoms with E-state index >= 15 is 0 Å². The van der Waals surface area contributed by atoms with Crippen LogP contribution in [-0.2, 0) is 11.3 Å². The van der Waals surface area contributed by atoms with Crippen LogP contribution in [0.15, 0.2) is 42.7 Å². The molecule has 1 saturated heterocycles. The highest BCUT2D eigenvalue weighted by Gasteiger charge is 2.47. The van der Waals surface area contributed by atoms with E-state index in [9.17, 15) is 14.7 Å². The zero-order chi connectivity index (χ0) is 17.4. The van der Waals surface area contributed by atoms with Gasteiger partial charge in [0.05, 0.1) is 24.2 Å². The number of carboxylic acid groups (broad SMARTS) is 1. The summed E-state index contributed by atoms with van der Waals surface area (Å²) in [6.07, 6.45) is 5.50. The fourth-order valence-corrected chi connectivity index (χ4v) is 3.77. The molecule has 1 aliphatic carbocycles. The average Bonchev–Trinajstić information content (AvgIpc) is 3.18. The normalized spacial score (nSPS) is 23.0. The molecule has 2 heterocycles. The highest BCUT2D eigenvalue weighted by molar-refractivity contribution is 5.94. The Morgan fingerprint density at radius 2 is 1.92 bits per heavy atom. The summed E-state index contributed by atoms with van der Waals surface area (Å²) in [4.78, 5) is 25.9. The van der Waals surface area contributed by atoms with Gasteiger partial charge in [0, 0.05) is 19.3 Å². The summed E-state index contributed by atoms with van der Waals surface area (Å²) in [5.74, 6) is -0.767. The van der Waals surface area contributed by atoms with Gasteiger partial charge in [-0.3, -0.25) is 14.3 Å². The molecule has 1 amide bonds. The molecule has 1 aromatic heterocycles. The molecule has 0 bridgehead atoms. The molecule has 4 rings (SSSR count). The quantitative estimate of drug-likeness (QED) is 0.905. The molecule has 2 aromatic rings. The van der Waals surface area contributed by atoms with Crippen molar-refractivity contribution in [2.45, 2.75) is 19.4 Å². The minimum absolute atomic E-state index is 0.0980. The van der Waals surface area contributed by atoms with Gasteiger partial charge >= 0.3 is 5.97 Å². The molecule has 25 heavy (non-hydrogen) atoms. The largest absolute Gasteiger partial charge is 0.481 e. The lowest BCUT2D eigenvalue weighted by Gasteiger charge is -2.15. The van der Waals surface area contributed by atoms with Crippen molar-refractivity contribution in [2.75, 3.05) is 13.1 Å². The van der Waals surface area contributed by atoms with Crippen molar-refractivity contribution in [1.29, 1.82) is 0 Å². The number of hydrogen-bond acceptors (Lipinski definition) is 3. The topological polar surface area (TPSA) is 75.4 Å². The van der Waals surface area contributed by atoms with Crippen molar-refractivity contribution in [2.24, 2.45) is 17.8 Å². The highest BCUT2D eigenvalue weighted by Crippen LogP contribution is 2.44. The molecule has 0 unspecified atom stereocenters. The Hall–Kier alpha value is -2.63. The number of rotatable bonds is 5. The maximum absolute atomic E-state index is 12.7. The zero-order valence-electron chi connectivity index (χ0n) is 13.9. The third-order valence-electron chi connectivity index (χ3n) is 5.26. The number of nitrogens with zero attached hydrogens (tertiary/aromatic N) is 3. The number of benzene rings is 1. The van der Waals surface area contributed by atoms with E-state index in [2.05, 4.69) is 5.10 Å². The number of carbonyl (C=O) groups excluding carboxylic acids is 1. The first-order valence-electron chi connectivity index (χ1n) is 8.70. The molecule has 1 aliphatic heterocycles. The standard InChI is InChI=1S/C19H21N3O3/c23-18(21-11-16(14-6-7-14)17(12-21)19(24)25)15-8-20-22(10-15)9-13-4-2-1-3-5-13/h1-5,8,10,14,16-17H,6-7,9,11-12H2,(H,24,25)/t16-,17+/m1/s1. The predicted molar refractivity (Wildman–Crippen MR) is 91.0 cm³/mol. The number of carboxylic acids is 1. The average molecular weight is 339 g/mol. The summed E-state index contributed by atoms with van der Waals surface area (Å²) in [5, 5.41) is 13.7. The van der Waals surface area contributed by atoms with E-state index in [1.54, 1.807) is 22.0 Å². The first-order valence-corrected chi connectivity index (χ1v) is 8.70. The molecule has 1 saturated carbocycles. The van der Waals surface area contributed by atoms with Crippen molar-refractivity contribution in [1.82, 2.24) is 14.7 Å². The van der Waals surface area contributed by atoms with Crippen LogP contribution in [0.2, 0.25) is 0 Å². The number of carbonyl (C=O) groups is 2. The molecular weight excluding hydrogens is 318 g/mol. The Morgan fingerprint density at radius 3 is 2.60 bits per heavy atom. The molecule has 6 heteroatoms. The molecule has 2 fully saturated rings. The monoisotopic (exact) mass is 339 g/mol. The second kappa shape index (κ2) is 6.35. The summed E-state index contributed by atoms with van der Waals surface area (Å²) in [6.45, 7) is 1.46. The Labute approximate surface area is 146 Å². The smallest absolute Gasteiger partial charge is 0.308 e. The minimum Gasteiger partial charge on any atom is -0.481 e. The van der Waals surface area contributed by atoms with Crippen LogP contribution in [0.5, 0.6) is 0 Å². The van der Waals surface area contributed by atoms with E-state index < -0.39 is 11.9 Å². The van der Waals surface area contributed by atoms with Gasteiger partial charge in [0.25, 0.3) is 5.91 Å². The Kier molecular flexibility index (Phi) is 4.03. The van der Waals surface area contributed by atoms with E-state index in [0.29, 0.717) is 31.1 Å². The number of aliphatic carboxylic acids is 1. The minimum atomic E-state index is -0.785. The van der Waals surface area contributed by atoms with Crippen molar-refractivity contribution in [3.8, 4) is 0 Å². The maximum Gasteiger partial charge on any atom is 0.308 e. The van der Waals surface area contributed by atoms with Crippen LogP contribution in [0.1, 0.15) is 28.8 Å². The van der Waals surface area contributed by atoms with Gasteiger partial charge in [0.15, 0.2) is 0 Å². The van der Waals surface area contributed by atoms with Crippen LogP contribution < -0.4 is 0 Å². The molecule has 1 N–H and O–H groups in total. The highest BCUT2D eigenvalue weighted by atomic mass is 16.4. The molecule has 130 valence electrons. The van der Waals surface area contributed by atoms with Crippen molar-refractivity contribution in [3.63, 3.8) is 0 Å². The summed E-state index contributed by atoms with van der Waals surface area (Å²) in [5.41, 5.74) is 1.64. The van der Waals surface area contributed by atoms with Gasteiger partial charge in [0.1, 0.15) is 0 Å². The summed E-state index contributed by atoms with van der Waals surface area (Å²) >= 11 is 0. The van der Waals surface area contributed by atoms with Crippen molar-refractivity contribution < 1.29 is 14.7 Å². The van der Waals surface area contributed by atoms with Gasteiger partial charge in [-0.15, -0.1) is 0 Å². The number of hydrogen-bond donors (Lipinski definition) is 1. The molecule has 2 aliphatic rings. The third kappa shape index (κ3) is 3.29. The van der Waals surface area contributed by atoms with Gasteiger partial charge in [-0.2, -0.15) is 5.10 Å². The Morgan fingerprint density at radius 1 is 1.16 bits per heavy atom. The van der Waals surface area contributed by atoms with Crippen LogP contribution in [0.3, 0.4) is 0 Å². The van der Waals surface area contributed by atoms with Crippen LogP contribution in [0, 0.1) is 17.8 Å². The van der Waals surface area contributed by atoms with Gasteiger partial charge in [-0.05, 0) is 30.2 Å². The molecule has 6 nitrogen and oxygen atoms in total. The van der Waals surface area contributed by atoms with Gasteiger partial charge in [0.2, 0.25) is 0 Å². The van der Waals surface area contributed by atoms with Gasteiger partial charge in [-0.25, -0.2) is 0 Å². The number of amides is 1. The van der Waals surface area contributed by atoms with E-state index in [4.69, 9.17) is 0 Å². The van der Waals surface area contributed by atoms with E-state index in [1.165, 1.54) is 0 Å². The fourth-order valence-electron chi connectivity index (χ4n) is 3.77. The van der Waals surface area contributed by atoms with E-state index in [0.717, 1.165) is 18.4 Å². The van der Waals surface area contributed by atoms with Crippen LogP contribution in [0.25, 0.3) is 0 Å². The third-order valence-corrected chi connectivity index (χ3v) is 5.26. The summed E-state index contributed by atoms with van der Waals surface area (Å²) in [6, 6.07) is 9.94. The van der Waals surface area contributed by atoms with Gasteiger partial charge in [-0.1, -0.05) is 30.3 Å². The van der Waals surface area contributed by atoms with Crippen LogP contribution >= 0.6 is 0 Å². The Balaban J connectivity index is 1.45. The second-order valence-electron chi connectivity index (χ2n) is 7.07. The lowest BCUT2D eigenvalue weighted by Crippen LogP contribution is -2.29. The molecular formula is C19H21N3O3. The van der Waals surface area contributed by atoms with Crippen LogP contribution in [-0.4, -0.2) is 44.8 Å². The lowest BCUT2D eigenvalue weighted by molar-refractivity contribution is -0.142. The molecule has 0 radical (unpaired) electrons. The van der Waals surface area contributed by atoms with E-state index in [1.807, 2.05) is 30.3 Å². The lowest BCUT2D eigenvalue weighted by atomic mass is 9.92. The summed E-state index contributed by atoms with van der Waals surface area (Å²) in [7, 11) is 0. The fraction of sp³-hybridized carbons (Fsp3) is 0.421. The number of likely N-dealkylation sites (tertiary alicyclic amines) is 1. The zero-order valence-corrected chi connectivity index (χ0v) is 13.9. The van der Waals surface area contributed by atoms with Crippen molar-refractivity contribution >= 4 is 11.9 Å². The molecule has 0 spiro atoms. The molecule has 1 aromatic carbocycles. The Bertz CT molecular complexity index is 782. The second-order valence-corrected chi connectivity index (χ2v) is 7.07. The van der Waals surface area contributed by atoms with E-state index in [-0.39, 0.29) is 11.8 Å². The summed E-state index contributed by atoms with van der Waals surface area (Å²) < 4.78 is 1.74. The number of aromatic nitrogens is 2. The maximum atomic E-state index is 12.7.